The first kappa shape index (κ1) is 54.0. The first-order valence-electron chi connectivity index (χ1n) is 23.5. The molecule has 4 fully saturated rings. The van der Waals surface area contributed by atoms with E-state index in [1.165, 1.54) is 21.1 Å². The number of hydrogen-bond acceptors (Lipinski definition) is 16. The molecule has 4 heterocycles. The van der Waals surface area contributed by atoms with Crippen molar-refractivity contribution in [2.24, 2.45) is 23.7 Å². The molecule has 16 nitrogen and oxygen atoms in total. The minimum atomic E-state index is -1.98. The molecule has 16 heteroatoms. The monoisotopic (exact) mass is 900 g/mol. The highest BCUT2D eigenvalue weighted by Gasteiger charge is 2.54. The Labute approximate surface area is 377 Å². The van der Waals surface area contributed by atoms with Crippen molar-refractivity contribution in [3.05, 3.63) is 12.2 Å². The Morgan fingerprint density at radius 3 is 2.03 bits per heavy atom. The molecule has 0 aromatic rings. The van der Waals surface area contributed by atoms with E-state index < -0.39 is 102 Å². The predicted molar refractivity (Wildman–Crippen MR) is 238 cm³/mol. The van der Waals surface area contributed by atoms with E-state index in [4.69, 9.17) is 33.2 Å². The SMILES string of the molecule is CC[C@H]1OC(=O)[C@H](C)[C@@H](O[C@H]2C[C@@](C)(OC)[C@@H](O)[C@H](C)O2)[C@H](C)[C@@H](O[C@@H]2O[C@H](C)C[C@H](N(C)C/C=C/CN3CCN(CC)CC3)[C@H]2O)[C@@](C)(OC)C[C@@H](C)C(=O)[C@H](C)[C@@H](O)[C@]1(C)O. The van der Waals surface area contributed by atoms with Crippen LogP contribution in [-0.2, 0) is 42.7 Å². The van der Waals surface area contributed by atoms with Gasteiger partial charge in [-0.15, -0.1) is 0 Å². The third-order valence-corrected chi connectivity index (χ3v) is 15.0. The number of esters is 1. The number of rotatable bonds is 13. The molecule has 4 rings (SSSR count). The highest BCUT2D eigenvalue weighted by molar-refractivity contribution is 5.83. The lowest BCUT2D eigenvalue weighted by Gasteiger charge is -2.50. The Bertz CT molecular complexity index is 1480. The van der Waals surface area contributed by atoms with Gasteiger partial charge in [0.2, 0.25) is 0 Å². The second-order valence-corrected chi connectivity index (χ2v) is 19.8. The number of piperazine rings is 1. The van der Waals surface area contributed by atoms with E-state index in [1.807, 2.05) is 27.8 Å². The number of Topliss-reactive ketones (excluding diaryl/α,β-unsaturated/α-hetero) is 1. The molecular formula is C47H85N3O13. The molecule has 0 radical (unpaired) electrons. The third-order valence-electron chi connectivity index (χ3n) is 15.0. The van der Waals surface area contributed by atoms with Gasteiger partial charge in [0.05, 0.1) is 47.6 Å². The molecule has 0 unspecified atom stereocenters. The second kappa shape index (κ2) is 22.9. The number of ketones is 1. The van der Waals surface area contributed by atoms with Crippen molar-refractivity contribution >= 4 is 11.8 Å². The summed E-state index contributed by atoms with van der Waals surface area (Å²) in [5.41, 5.74) is -4.30. The topological polar surface area (TPSA) is 189 Å². The molecule has 4 saturated heterocycles. The summed E-state index contributed by atoms with van der Waals surface area (Å²) in [6.45, 7) is 26.2. The van der Waals surface area contributed by atoms with Crippen molar-refractivity contribution in [3.63, 3.8) is 0 Å². The van der Waals surface area contributed by atoms with Crippen molar-refractivity contribution in [2.45, 2.75) is 186 Å². The maximum absolute atomic E-state index is 14.4. The van der Waals surface area contributed by atoms with Crippen molar-refractivity contribution in [1.29, 1.82) is 0 Å². The van der Waals surface area contributed by atoms with Gasteiger partial charge >= 0.3 is 5.97 Å². The number of likely N-dealkylation sites (N-methyl/N-ethyl adjacent to an activating group) is 2. The molecule has 63 heavy (non-hydrogen) atoms. The summed E-state index contributed by atoms with van der Waals surface area (Å²) in [5.74, 6) is -4.54. The van der Waals surface area contributed by atoms with E-state index in [-0.39, 0.29) is 37.2 Å². The number of methoxy groups -OCH3 is 2. The van der Waals surface area contributed by atoms with E-state index in [2.05, 4.69) is 33.8 Å². The van der Waals surface area contributed by atoms with Gasteiger partial charge in [0.25, 0.3) is 0 Å². The van der Waals surface area contributed by atoms with E-state index in [0.29, 0.717) is 13.0 Å². The molecule has 0 aromatic heterocycles. The summed E-state index contributed by atoms with van der Waals surface area (Å²) >= 11 is 0. The lowest BCUT2D eigenvalue weighted by Crippen LogP contribution is -2.61. The number of ether oxygens (including phenoxy) is 7. The average molecular weight is 900 g/mol. The first-order valence-corrected chi connectivity index (χ1v) is 23.5. The molecule has 0 aromatic carbocycles. The Morgan fingerprint density at radius 2 is 1.44 bits per heavy atom. The summed E-state index contributed by atoms with van der Waals surface area (Å²) in [5, 5.41) is 46.5. The molecule has 0 bridgehead atoms. The minimum Gasteiger partial charge on any atom is -0.459 e. The van der Waals surface area contributed by atoms with Crippen molar-refractivity contribution in [1.82, 2.24) is 14.7 Å². The van der Waals surface area contributed by atoms with Crippen LogP contribution in [0.3, 0.4) is 0 Å². The van der Waals surface area contributed by atoms with Gasteiger partial charge in [-0.25, -0.2) is 0 Å². The minimum absolute atomic E-state index is 0.101. The molecule has 4 aliphatic rings. The van der Waals surface area contributed by atoms with Crippen LogP contribution in [0.1, 0.15) is 102 Å². The maximum atomic E-state index is 14.4. The van der Waals surface area contributed by atoms with Gasteiger partial charge in [0, 0.05) is 83.7 Å². The van der Waals surface area contributed by atoms with Crippen molar-refractivity contribution in [2.75, 3.05) is 67.1 Å². The fourth-order valence-electron chi connectivity index (χ4n) is 10.4. The molecule has 4 N–H and O–H groups in total. The number of aliphatic hydroxyl groups excluding tert-OH is 3. The van der Waals surface area contributed by atoms with Crippen LogP contribution < -0.4 is 0 Å². The number of nitrogens with zero attached hydrogens (tertiary/aromatic N) is 3. The smallest absolute Gasteiger partial charge is 0.311 e. The molecule has 0 saturated carbocycles. The second-order valence-electron chi connectivity index (χ2n) is 19.8. The quantitative estimate of drug-likeness (QED) is 0.156. The normalized spacial score (nSPS) is 44.8. The Morgan fingerprint density at radius 1 is 0.825 bits per heavy atom. The average Bonchev–Trinajstić information content (AvgIpc) is 3.26. The van der Waals surface area contributed by atoms with Crippen LogP contribution in [0, 0.1) is 23.7 Å². The summed E-state index contributed by atoms with van der Waals surface area (Å²) in [4.78, 5) is 35.6. The zero-order chi connectivity index (χ0) is 47.2. The fourth-order valence-corrected chi connectivity index (χ4v) is 10.4. The van der Waals surface area contributed by atoms with Gasteiger partial charge in [0.15, 0.2) is 12.6 Å². The van der Waals surface area contributed by atoms with E-state index in [1.54, 1.807) is 41.5 Å². The van der Waals surface area contributed by atoms with Crippen LogP contribution >= 0.6 is 0 Å². The summed E-state index contributed by atoms with van der Waals surface area (Å²) in [6.07, 6.45) is -4.67. The van der Waals surface area contributed by atoms with Gasteiger partial charge < -0.3 is 58.5 Å². The van der Waals surface area contributed by atoms with Crippen LogP contribution in [0.2, 0.25) is 0 Å². The Balaban J connectivity index is 1.73. The van der Waals surface area contributed by atoms with Gasteiger partial charge in [0.1, 0.15) is 29.7 Å². The lowest BCUT2D eigenvalue weighted by molar-refractivity contribution is -0.319. The first-order chi connectivity index (χ1) is 29.5. The molecule has 0 amide bonds. The molecule has 0 aliphatic carbocycles. The molecule has 18 atom stereocenters. The van der Waals surface area contributed by atoms with Crippen molar-refractivity contribution in [3.8, 4) is 0 Å². The molecule has 4 aliphatic heterocycles. The van der Waals surface area contributed by atoms with E-state index >= 15 is 0 Å². The van der Waals surface area contributed by atoms with Crippen LogP contribution in [0.15, 0.2) is 12.2 Å². The van der Waals surface area contributed by atoms with Crippen LogP contribution in [0.25, 0.3) is 0 Å². The largest absolute Gasteiger partial charge is 0.459 e. The zero-order valence-corrected chi connectivity index (χ0v) is 40.9. The van der Waals surface area contributed by atoms with Crippen LogP contribution in [0.5, 0.6) is 0 Å². The van der Waals surface area contributed by atoms with Gasteiger partial charge in [-0.1, -0.05) is 46.8 Å². The number of carbonyl (C=O) groups is 2. The summed E-state index contributed by atoms with van der Waals surface area (Å²) in [7, 11) is 5.02. The molecule has 366 valence electrons. The summed E-state index contributed by atoms with van der Waals surface area (Å²) in [6, 6.07) is -0.336. The van der Waals surface area contributed by atoms with E-state index in [9.17, 15) is 30.0 Å². The van der Waals surface area contributed by atoms with Crippen LogP contribution in [-0.4, -0.2) is 198 Å². The number of cyclic esters (lactones) is 1. The third kappa shape index (κ3) is 12.7. The maximum Gasteiger partial charge on any atom is 0.311 e. The summed E-state index contributed by atoms with van der Waals surface area (Å²) < 4.78 is 44.7. The highest BCUT2D eigenvalue weighted by Crippen LogP contribution is 2.42. The number of carbonyl (C=O) groups excluding carboxylic acids is 2. The standard InChI is InChI=1S/C47H85N3O13/c1-15-35-47(11,56)40(53)30(5)37(51)28(3)26-46(10,58-14)42(31(6)39(32(7)43(55)61-35)62-36-27-45(9,57-13)41(54)33(8)60-36)63-44-38(52)34(25-29(4)59-44)48(12)19-17-18-20-50-23-21-49(16-2)22-24-50/h17-18,28-36,38-42,44,52-54,56H,15-16,19-27H2,1-14H3/b18-17+/t28-,29-,30+,31+,32-,33+,34+,35-,36+,38-,39+,40-,41+,42-,44+,45-,46+,47-/m1/s1. The van der Waals surface area contributed by atoms with Gasteiger partial charge in [-0.2, -0.15) is 0 Å². The number of hydrogen-bond donors (Lipinski definition) is 4. The highest BCUT2D eigenvalue weighted by atomic mass is 16.7. The lowest BCUT2D eigenvalue weighted by atomic mass is 9.74. The Hall–Kier alpha value is -1.64. The number of aliphatic hydroxyl groups is 4. The zero-order valence-electron chi connectivity index (χ0n) is 40.9. The molecule has 0 spiro atoms. The van der Waals surface area contributed by atoms with E-state index in [0.717, 1.165) is 39.3 Å². The van der Waals surface area contributed by atoms with Gasteiger partial charge in [-0.3, -0.25) is 19.4 Å². The fraction of sp³-hybridized carbons (Fsp3) is 0.915. The Kier molecular flexibility index (Phi) is 19.6. The molecular weight excluding hydrogens is 815 g/mol. The van der Waals surface area contributed by atoms with Crippen LogP contribution in [0.4, 0.5) is 0 Å². The van der Waals surface area contributed by atoms with Gasteiger partial charge in [-0.05, 0) is 74.4 Å². The van der Waals surface area contributed by atoms with Crippen molar-refractivity contribution < 1.29 is 63.2 Å². The predicted octanol–water partition coefficient (Wildman–Crippen LogP) is 3.00.